The third-order valence-corrected chi connectivity index (χ3v) is 3.49. The number of benzene rings is 1. The number of rotatable bonds is 5. The number of alkyl halides is 3. The molecule has 0 saturated carbocycles. The van der Waals surface area contributed by atoms with Gasteiger partial charge < -0.3 is 15.4 Å². The summed E-state index contributed by atoms with van der Waals surface area (Å²) in [6, 6.07) is 2.81. The van der Waals surface area contributed by atoms with E-state index in [1.807, 2.05) is 0 Å². The molecule has 11 heteroatoms. The molecule has 0 spiro atoms. The van der Waals surface area contributed by atoms with Crippen molar-refractivity contribution in [1.29, 1.82) is 0 Å². The number of carbonyl (C=O) groups is 1. The fraction of sp³-hybridized carbons (Fsp3) is 0.500. The van der Waals surface area contributed by atoms with Crippen LogP contribution < -0.4 is 15.4 Å². The van der Waals surface area contributed by atoms with Crippen LogP contribution in [-0.2, 0) is 0 Å². The van der Waals surface area contributed by atoms with Crippen LogP contribution in [-0.4, -0.2) is 42.7 Å². The number of carbonyl (C=O) groups excluding carboxylic acids is 1. The quantitative estimate of drug-likeness (QED) is 0.601. The third kappa shape index (κ3) is 6.39. The van der Waals surface area contributed by atoms with Gasteiger partial charge in [0, 0.05) is 12.1 Å². The zero-order chi connectivity index (χ0) is 17.7. The van der Waals surface area contributed by atoms with E-state index in [2.05, 4.69) is 15.4 Å². The second-order valence-corrected chi connectivity index (χ2v) is 5.34. The summed E-state index contributed by atoms with van der Waals surface area (Å²) in [6.07, 6.45) is -3.20. The smallest absolute Gasteiger partial charge is 0.422 e. The van der Waals surface area contributed by atoms with Gasteiger partial charge in [0.1, 0.15) is 11.3 Å². The maximum atomic E-state index is 12.3. The van der Waals surface area contributed by atoms with Gasteiger partial charge in [-0.1, -0.05) is 0 Å². The number of nitro benzene ring substituents is 1. The van der Waals surface area contributed by atoms with Gasteiger partial charge >= 0.3 is 6.18 Å². The first-order valence-electron chi connectivity index (χ1n) is 7.26. The molecule has 1 aliphatic heterocycles. The number of piperidine rings is 1. The largest absolute Gasteiger partial charge is 0.484 e. The van der Waals surface area contributed by atoms with Crippen molar-refractivity contribution in [3.8, 4) is 5.75 Å². The predicted molar refractivity (Wildman–Crippen MR) is 85.3 cm³/mol. The first kappa shape index (κ1) is 21.0. The number of hydrogen-bond acceptors (Lipinski definition) is 5. The highest BCUT2D eigenvalue weighted by Gasteiger charge is 2.29. The summed E-state index contributed by atoms with van der Waals surface area (Å²) in [4.78, 5) is 22.6. The topological polar surface area (TPSA) is 93.5 Å². The molecule has 7 nitrogen and oxygen atoms in total. The van der Waals surface area contributed by atoms with Gasteiger partial charge in [-0.05, 0) is 38.1 Å². The summed E-state index contributed by atoms with van der Waals surface area (Å²) < 4.78 is 41.1. The molecule has 1 aromatic carbocycles. The van der Waals surface area contributed by atoms with E-state index in [0.717, 1.165) is 18.2 Å². The van der Waals surface area contributed by atoms with Crippen molar-refractivity contribution < 1.29 is 27.6 Å². The maximum Gasteiger partial charge on any atom is 0.422 e. The van der Waals surface area contributed by atoms with Gasteiger partial charge in [-0.3, -0.25) is 14.9 Å². The molecule has 1 aliphatic rings. The molecule has 25 heavy (non-hydrogen) atoms. The molecule has 1 amide bonds. The van der Waals surface area contributed by atoms with Crippen molar-refractivity contribution in [2.24, 2.45) is 0 Å². The van der Waals surface area contributed by atoms with Crippen molar-refractivity contribution in [3.05, 3.63) is 33.9 Å². The first-order valence-corrected chi connectivity index (χ1v) is 7.26. The first-order chi connectivity index (χ1) is 11.3. The van der Waals surface area contributed by atoms with Crippen molar-refractivity contribution in [2.75, 3.05) is 19.7 Å². The average molecular weight is 384 g/mol. The third-order valence-electron chi connectivity index (χ3n) is 3.49. The number of hydrogen-bond donors (Lipinski definition) is 2. The van der Waals surface area contributed by atoms with Gasteiger partial charge in [-0.25, -0.2) is 0 Å². The van der Waals surface area contributed by atoms with E-state index in [-0.39, 0.29) is 29.8 Å². The minimum absolute atomic E-state index is 0. The molecule has 1 heterocycles. The average Bonchev–Trinajstić information content (AvgIpc) is 2.52. The van der Waals surface area contributed by atoms with E-state index in [1.165, 1.54) is 0 Å². The molecule has 0 unspecified atom stereocenters. The lowest BCUT2D eigenvalue weighted by Gasteiger charge is -2.23. The lowest BCUT2D eigenvalue weighted by Crippen LogP contribution is -2.42. The number of nitrogens with one attached hydrogen (secondary N) is 2. The summed E-state index contributed by atoms with van der Waals surface area (Å²) in [7, 11) is 0. The molecular formula is C14H17ClF3N3O4. The van der Waals surface area contributed by atoms with Gasteiger partial charge in [-0.2, -0.15) is 13.2 Å². The van der Waals surface area contributed by atoms with E-state index in [1.54, 1.807) is 0 Å². The minimum atomic E-state index is -4.54. The summed E-state index contributed by atoms with van der Waals surface area (Å²) in [5, 5.41) is 16.8. The second-order valence-electron chi connectivity index (χ2n) is 5.34. The Balaban J connectivity index is 0.00000312. The number of amides is 1. The van der Waals surface area contributed by atoms with Crippen molar-refractivity contribution in [2.45, 2.75) is 25.1 Å². The van der Waals surface area contributed by atoms with E-state index in [9.17, 15) is 28.1 Å². The molecule has 2 rings (SSSR count). The van der Waals surface area contributed by atoms with Crippen molar-refractivity contribution in [3.63, 3.8) is 0 Å². The molecule has 2 N–H and O–H groups in total. The molecule has 140 valence electrons. The summed E-state index contributed by atoms with van der Waals surface area (Å²) >= 11 is 0. The van der Waals surface area contributed by atoms with E-state index in [0.29, 0.717) is 25.9 Å². The number of nitro groups is 1. The Labute approximate surface area is 147 Å². The Morgan fingerprint density at radius 1 is 1.36 bits per heavy atom. The molecule has 1 aromatic rings. The molecule has 1 fully saturated rings. The number of halogens is 4. The molecule has 0 radical (unpaired) electrons. The zero-order valence-corrected chi connectivity index (χ0v) is 13.8. The Bertz CT molecular complexity index is 622. The van der Waals surface area contributed by atoms with Crippen LogP contribution in [0, 0.1) is 10.1 Å². The highest BCUT2D eigenvalue weighted by Crippen LogP contribution is 2.26. The van der Waals surface area contributed by atoms with Crippen LogP contribution in [0.4, 0.5) is 18.9 Å². The second kappa shape index (κ2) is 8.86. The van der Waals surface area contributed by atoms with Crippen LogP contribution >= 0.6 is 12.4 Å². The van der Waals surface area contributed by atoms with Crippen molar-refractivity contribution in [1.82, 2.24) is 10.6 Å². The predicted octanol–water partition coefficient (Wildman–Crippen LogP) is 2.44. The fourth-order valence-corrected chi connectivity index (χ4v) is 2.34. The fourth-order valence-electron chi connectivity index (χ4n) is 2.34. The van der Waals surface area contributed by atoms with Crippen LogP contribution in [0.1, 0.15) is 23.2 Å². The van der Waals surface area contributed by atoms with Crippen molar-refractivity contribution >= 4 is 24.0 Å². The molecule has 0 bridgehead atoms. The van der Waals surface area contributed by atoms with Gasteiger partial charge in [0.05, 0.1) is 4.92 Å². The minimum Gasteiger partial charge on any atom is -0.484 e. The van der Waals surface area contributed by atoms with E-state index < -0.39 is 29.3 Å². The number of ether oxygens (including phenoxy) is 1. The molecular weight excluding hydrogens is 367 g/mol. The van der Waals surface area contributed by atoms with Gasteiger partial charge in [0.15, 0.2) is 6.61 Å². The Hall–Kier alpha value is -2.07. The maximum absolute atomic E-state index is 12.3. The lowest BCUT2D eigenvalue weighted by atomic mass is 10.1. The summed E-state index contributed by atoms with van der Waals surface area (Å²) in [6.45, 7) is -0.121. The molecule has 0 atom stereocenters. The molecule has 1 saturated heterocycles. The normalized spacial score (nSPS) is 15.2. The van der Waals surface area contributed by atoms with E-state index >= 15 is 0 Å². The summed E-state index contributed by atoms with van der Waals surface area (Å²) in [5.74, 6) is -0.959. The highest BCUT2D eigenvalue weighted by atomic mass is 35.5. The van der Waals surface area contributed by atoms with E-state index in [4.69, 9.17) is 0 Å². The SMILES string of the molecule is Cl.O=C(NC1CCNCC1)c1cc(OCC(F)(F)F)ccc1[N+](=O)[O-]. The molecule has 0 aromatic heterocycles. The molecule has 0 aliphatic carbocycles. The van der Waals surface area contributed by atoms with Crippen LogP contribution in [0.2, 0.25) is 0 Å². The Morgan fingerprint density at radius 3 is 2.56 bits per heavy atom. The number of nitrogens with zero attached hydrogens (tertiary/aromatic N) is 1. The Kier molecular flexibility index (Phi) is 7.43. The van der Waals surface area contributed by atoms with Gasteiger partial charge in [0.2, 0.25) is 0 Å². The van der Waals surface area contributed by atoms with Gasteiger partial charge in [0.25, 0.3) is 11.6 Å². The lowest BCUT2D eigenvalue weighted by molar-refractivity contribution is -0.385. The van der Waals surface area contributed by atoms with Crippen LogP contribution in [0.15, 0.2) is 18.2 Å². The summed E-state index contributed by atoms with van der Waals surface area (Å²) in [5.41, 5.74) is -0.806. The van der Waals surface area contributed by atoms with Gasteiger partial charge in [-0.15, -0.1) is 12.4 Å². The monoisotopic (exact) mass is 383 g/mol. The van der Waals surface area contributed by atoms with Crippen LogP contribution in [0.3, 0.4) is 0 Å². The zero-order valence-electron chi connectivity index (χ0n) is 13.0. The Morgan fingerprint density at radius 2 is 2.00 bits per heavy atom. The highest BCUT2D eigenvalue weighted by molar-refractivity contribution is 5.98. The standard InChI is InChI=1S/C14H16F3N3O4.ClH/c15-14(16,17)8-24-10-1-2-12(20(22)23)11(7-10)13(21)19-9-3-5-18-6-4-9;/h1-2,7,9,18H,3-6,8H2,(H,19,21);1H. The van der Waals surface area contributed by atoms with Crippen LogP contribution in [0.5, 0.6) is 5.75 Å². The van der Waals surface area contributed by atoms with Crippen LogP contribution in [0.25, 0.3) is 0 Å².